The van der Waals surface area contributed by atoms with Crippen LogP contribution in [-0.4, -0.2) is 107 Å². The third-order valence-corrected chi connectivity index (χ3v) is 6.98. The Kier molecular flexibility index (Phi) is 8.78. The van der Waals surface area contributed by atoms with Gasteiger partial charge in [-0.05, 0) is 37.8 Å². The lowest BCUT2D eigenvalue weighted by molar-refractivity contribution is -0.159. The van der Waals surface area contributed by atoms with E-state index in [2.05, 4.69) is 10.3 Å². The Bertz CT molecular complexity index is 995. The topological polar surface area (TPSA) is 133 Å². The quantitative estimate of drug-likeness (QED) is 0.448. The van der Waals surface area contributed by atoms with Crippen LogP contribution in [0.3, 0.4) is 0 Å². The third-order valence-electron chi connectivity index (χ3n) is 6.98. The number of hydrazone groups is 1. The number of nitrogens with zero attached hydrogens (tertiary/aromatic N) is 4. The molecule has 1 aromatic carbocycles. The molecule has 0 aromatic heterocycles. The van der Waals surface area contributed by atoms with Crippen molar-refractivity contribution in [3.05, 3.63) is 35.4 Å². The number of morpholine rings is 1. The number of aliphatic carboxylic acids is 2. The van der Waals surface area contributed by atoms with Crippen molar-refractivity contribution in [1.29, 1.82) is 0 Å². The van der Waals surface area contributed by atoms with Gasteiger partial charge in [0.1, 0.15) is 12.7 Å². The molecule has 11 nitrogen and oxygen atoms in total. The van der Waals surface area contributed by atoms with Crippen molar-refractivity contribution in [1.82, 2.24) is 9.91 Å². The van der Waals surface area contributed by atoms with Crippen LogP contribution in [0.1, 0.15) is 50.7 Å². The normalized spacial score (nSPS) is 26.2. The number of carboxylic acid groups (broad SMARTS) is 2. The number of oxime groups is 1. The second-order valence-corrected chi connectivity index (χ2v) is 10.2. The summed E-state index contributed by atoms with van der Waals surface area (Å²) in [4.78, 5) is 29.8. The number of piperidine rings is 1. The number of carbonyl (C=O) groups is 2. The van der Waals surface area contributed by atoms with Crippen molar-refractivity contribution >= 4 is 23.9 Å². The van der Waals surface area contributed by atoms with Crippen LogP contribution in [0.4, 0.5) is 0 Å². The van der Waals surface area contributed by atoms with Gasteiger partial charge in [-0.1, -0.05) is 29.4 Å². The molecule has 2 fully saturated rings. The first-order valence-corrected chi connectivity index (χ1v) is 12.8. The summed E-state index contributed by atoms with van der Waals surface area (Å²) in [5.74, 6) is -1.91. The van der Waals surface area contributed by atoms with E-state index in [4.69, 9.17) is 24.5 Å². The maximum Gasteiger partial charge on any atom is 0.329 e. The van der Waals surface area contributed by atoms with Crippen molar-refractivity contribution < 1.29 is 34.1 Å². The molecule has 3 heterocycles. The Balaban J connectivity index is 1.32. The number of likely N-dealkylation sites (tertiary alicyclic amines) is 1. The number of ether oxygens (including phenoxy) is 2. The molecule has 37 heavy (non-hydrogen) atoms. The molecule has 3 aliphatic heterocycles. The van der Waals surface area contributed by atoms with Gasteiger partial charge in [-0.25, -0.2) is 4.79 Å². The Morgan fingerprint density at radius 3 is 2.43 bits per heavy atom. The lowest BCUT2D eigenvalue weighted by Crippen LogP contribution is -2.49. The molecule has 0 bridgehead atoms. The third kappa shape index (κ3) is 7.73. The molecule has 202 valence electrons. The predicted octanol–water partition coefficient (Wildman–Crippen LogP) is 2.03. The van der Waals surface area contributed by atoms with Gasteiger partial charge in [0.05, 0.1) is 49.4 Å². The lowest BCUT2D eigenvalue weighted by atomic mass is 9.84. The van der Waals surface area contributed by atoms with Crippen LogP contribution in [0.5, 0.6) is 0 Å². The van der Waals surface area contributed by atoms with Crippen LogP contribution in [0.2, 0.25) is 0 Å². The van der Waals surface area contributed by atoms with Gasteiger partial charge in [0, 0.05) is 25.9 Å². The highest BCUT2D eigenvalue weighted by Gasteiger charge is 2.40. The molecule has 3 aliphatic rings. The smallest absolute Gasteiger partial charge is 0.329 e. The largest absolute Gasteiger partial charge is 0.480 e. The van der Waals surface area contributed by atoms with Crippen LogP contribution >= 0.6 is 0 Å². The molecule has 2 N–H and O–H groups in total. The predicted molar refractivity (Wildman–Crippen MR) is 136 cm³/mol. The molecular weight excluding hydrogens is 480 g/mol. The van der Waals surface area contributed by atoms with Crippen LogP contribution in [-0.2, 0) is 23.9 Å². The first kappa shape index (κ1) is 27.0. The molecular formula is C26H36N4O7. The molecule has 3 atom stereocenters. The summed E-state index contributed by atoms with van der Waals surface area (Å²) in [6.07, 6.45) is 4.09. The van der Waals surface area contributed by atoms with Gasteiger partial charge < -0.3 is 24.5 Å². The number of benzene rings is 1. The average Bonchev–Trinajstić information content (AvgIpc) is 3.31. The number of rotatable bonds is 10. The molecule has 4 rings (SSSR count). The van der Waals surface area contributed by atoms with E-state index in [-0.39, 0.29) is 24.9 Å². The van der Waals surface area contributed by atoms with E-state index in [1.165, 1.54) is 0 Å². The summed E-state index contributed by atoms with van der Waals surface area (Å²) < 4.78 is 11.6. The minimum atomic E-state index is -1.03. The Labute approximate surface area is 216 Å². The van der Waals surface area contributed by atoms with Gasteiger partial charge in [-0.2, -0.15) is 5.10 Å². The maximum absolute atomic E-state index is 11.2. The fourth-order valence-electron chi connectivity index (χ4n) is 5.21. The van der Waals surface area contributed by atoms with Gasteiger partial charge >= 0.3 is 11.9 Å². The fourth-order valence-corrected chi connectivity index (χ4v) is 5.21. The van der Waals surface area contributed by atoms with Crippen molar-refractivity contribution in [2.45, 2.75) is 63.4 Å². The molecule has 0 radical (unpaired) electrons. The zero-order valence-corrected chi connectivity index (χ0v) is 21.4. The molecule has 1 aromatic rings. The zero-order chi connectivity index (χ0) is 26.4. The van der Waals surface area contributed by atoms with E-state index in [9.17, 15) is 9.59 Å². The van der Waals surface area contributed by atoms with Crippen LogP contribution in [0, 0.1) is 0 Å². The fraction of sp³-hybridized carbons (Fsp3) is 0.615. The highest BCUT2D eigenvalue weighted by atomic mass is 16.6. The van der Waals surface area contributed by atoms with E-state index < -0.39 is 24.1 Å². The second-order valence-electron chi connectivity index (χ2n) is 10.2. The summed E-state index contributed by atoms with van der Waals surface area (Å²) in [6.45, 7) is 6.25. The van der Waals surface area contributed by atoms with E-state index >= 15 is 0 Å². The van der Waals surface area contributed by atoms with Gasteiger partial charge in [0.2, 0.25) is 0 Å². The summed E-state index contributed by atoms with van der Waals surface area (Å²) in [7, 11) is 0. The second kappa shape index (κ2) is 12.0. The molecule has 2 saturated heterocycles. The number of hydrogen-bond acceptors (Lipinski definition) is 9. The lowest BCUT2D eigenvalue weighted by Gasteiger charge is -2.41. The summed E-state index contributed by atoms with van der Waals surface area (Å²) >= 11 is 0. The standard InChI is InChI=1S/C26H36N4O7/c1-18-14-30(15-19(2)36-18)27-13-20-3-5-21(6-4-20)23-11-22(37-28-23)12-26(35-17-25(33)34)7-9-29(10-8-26)16-24(31)32/h3-6,13,18-19,22H,7-12,14-17H2,1-2H3,(H,31,32)(H,33,34)/t18-,19+,22-/m0/s1. The minimum absolute atomic E-state index is 0.0341. The summed E-state index contributed by atoms with van der Waals surface area (Å²) in [5, 5.41) is 29.1. The van der Waals surface area contributed by atoms with Gasteiger partial charge in [-0.3, -0.25) is 14.7 Å². The van der Waals surface area contributed by atoms with Gasteiger partial charge in [-0.15, -0.1) is 0 Å². The van der Waals surface area contributed by atoms with E-state index in [0.29, 0.717) is 38.8 Å². The molecule has 0 spiro atoms. The molecule has 11 heteroatoms. The van der Waals surface area contributed by atoms with Gasteiger partial charge in [0.25, 0.3) is 0 Å². The molecule has 0 unspecified atom stereocenters. The maximum atomic E-state index is 11.2. The molecule has 0 aliphatic carbocycles. The van der Waals surface area contributed by atoms with E-state index in [0.717, 1.165) is 29.9 Å². The van der Waals surface area contributed by atoms with Gasteiger partial charge in [0.15, 0.2) is 0 Å². The van der Waals surface area contributed by atoms with Crippen molar-refractivity contribution in [3.8, 4) is 0 Å². The number of hydrogen-bond donors (Lipinski definition) is 2. The highest BCUT2D eigenvalue weighted by molar-refractivity contribution is 6.01. The van der Waals surface area contributed by atoms with E-state index in [1.807, 2.05) is 54.2 Å². The first-order chi connectivity index (χ1) is 17.7. The summed E-state index contributed by atoms with van der Waals surface area (Å²) in [5.41, 5.74) is 2.10. The SMILES string of the molecule is C[C@@H]1CN(N=Cc2ccc(C3=NO[C@H](CC4(OCC(=O)O)CCN(CC(=O)O)CC4)C3)cc2)C[C@H](C)O1. The average molecular weight is 517 g/mol. The molecule has 0 amide bonds. The van der Waals surface area contributed by atoms with Crippen molar-refractivity contribution in [2.75, 3.05) is 39.3 Å². The van der Waals surface area contributed by atoms with Crippen molar-refractivity contribution in [2.24, 2.45) is 10.3 Å². The Hall–Kier alpha value is -3.02. The minimum Gasteiger partial charge on any atom is -0.480 e. The summed E-state index contributed by atoms with van der Waals surface area (Å²) in [6, 6.07) is 7.99. The Morgan fingerprint density at radius 2 is 1.81 bits per heavy atom. The first-order valence-electron chi connectivity index (χ1n) is 12.8. The van der Waals surface area contributed by atoms with Crippen LogP contribution in [0.15, 0.2) is 34.5 Å². The van der Waals surface area contributed by atoms with Crippen LogP contribution in [0.25, 0.3) is 0 Å². The Morgan fingerprint density at radius 1 is 1.14 bits per heavy atom. The van der Waals surface area contributed by atoms with Crippen LogP contribution < -0.4 is 0 Å². The zero-order valence-electron chi connectivity index (χ0n) is 21.4. The van der Waals surface area contributed by atoms with E-state index in [1.54, 1.807) is 0 Å². The highest BCUT2D eigenvalue weighted by Crippen LogP contribution is 2.34. The molecule has 0 saturated carbocycles. The van der Waals surface area contributed by atoms with Crippen molar-refractivity contribution in [3.63, 3.8) is 0 Å². The number of carboxylic acids is 2. The monoisotopic (exact) mass is 516 g/mol.